The van der Waals surface area contributed by atoms with Gasteiger partial charge in [-0.3, -0.25) is 0 Å². The Kier molecular flexibility index (Phi) is 12.2. The van der Waals surface area contributed by atoms with Gasteiger partial charge in [0, 0.05) is 12.2 Å². The molecule has 0 aliphatic carbocycles. The van der Waals surface area contributed by atoms with Crippen LogP contribution in [0, 0.1) is 0 Å². The summed E-state index contributed by atoms with van der Waals surface area (Å²) in [7, 11) is 1.26. The molecule has 110 valence electrons. The summed E-state index contributed by atoms with van der Waals surface area (Å²) >= 11 is 0. The first-order valence-corrected chi connectivity index (χ1v) is 7.13. The number of methoxy groups -OCH3 is 1. The van der Waals surface area contributed by atoms with E-state index >= 15 is 0 Å². The van der Waals surface area contributed by atoms with E-state index in [-0.39, 0.29) is 0 Å². The lowest BCUT2D eigenvalue weighted by atomic mass is 10.1. The minimum Gasteiger partial charge on any atom is -0.466 e. The lowest BCUT2D eigenvalue weighted by Crippen LogP contribution is -2.04. The minimum atomic E-state index is -0.552. The Hall–Kier alpha value is -1.32. The monoisotopic (exact) mass is 270 g/mol. The summed E-state index contributed by atoms with van der Waals surface area (Å²) < 4.78 is 9.31. The van der Waals surface area contributed by atoms with Crippen LogP contribution in [-0.2, 0) is 19.1 Å². The average Bonchev–Trinajstić information content (AvgIpc) is 2.42. The largest absolute Gasteiger partial charge is 0.466 e. The van der Waals surface area contributed by atoms with Gasteiger partial charge in [-0.15, -0.1) is 0 Å². The van der Waals surface area contributed by atoms with E-state index in [2.05, 4.69) is 11.7 Å². The predicted octanol–water partition coefficient (Wildman–Crippen LogP) is 3.40. The predicted molar refractivity (Wildman–Crippen MR) is 74.7 cm³/mol. The van der Waals surface area contributed by atoms with E-state index in [1.54, 1.807) is 0 Å². The van der Waals surface area contributed by atoms with E-state index in [0.29, 0.717) is 6.61 Å². The Morgan fingerprint density at radius 2 is 1.37 bits per heavy atom. The van der Waals surface area contributed by atoms with Crippen molar-refractivity contribution in [3.05, 3.63) is 12.2 Å². The molecule has 0 atom stereocenters. The molecule has 0 rings (SSSR count). The van der Waals surface area contributed by atoms with Crippen LogP contribution in [0.2, 0.25) is 0 Å². The average molecular weight is 270 g/mol. The number of hydrogen-bond acceptors (Lipinski definition) is 4. The molecular weight excluding hydrogens is 244 g/mol. The first-order chi connectivity index (χ1) is 9.20. The third-order valence-corrected chi connectivity index (χ3v) is 2.80. The third kappa shape index (κ3) is 12.9. The van der Waals surface area contributed by atoms with Crippen LogP contribution in [-0.4, -0.2) is 25.7 Å². The highest BCUT2D eigenvalue weighted by Crippen LogP contribution is 2.08. The van der Waals surface area contributed by atoms with Crippen molar-refractivity contribution in [3.8, 4) is 0 Å². The highest BCUT2D eigenvalue weighted by molar-refractivity contribution is 5.91. The van der Waals surface area contributed by atoms with Crippen LogP contribution in [0.25, 0.3) is 0 Å². The molecule has 4 nitrogen and oxygen atoms in total. The van der Waals surface area contributed by atoms with Crippen molar-refractivity contribution in [1.82, 2.24) is 0 Å². The van der Waals surface area contributed by atoms with Crippen molar-refractivity contribution in [2.75, 3.05) is 13.7 Å². The SMILES string of the molecule is CCCCCCCCCCOC(=O)C=CC(=O)OC. The maximum Gasteiger partial charge on any atom is 0.331 e. The second-order valence-electron chi connectivity index (χ2n) is 4.50. The zero-order valence-electron chi connectivity index (χ0n) is 12.2. The summed E-state index contributed by atoms with van der Waals surface area (Å²) in [5, 5.41) is 0. The first-order valence-electron chi connectivity index (χ1n) is 7.13. The maximum absolute atomic E-state index is 11.2. The Balaban J connectivity index is 3.32. The van der Waals surface area contributed by atoms with Crippen LogP contribution in [0.1, 0.15) is 58.3 Å². The standard InChI is InChI=1S/C15H26O4/c1-3-4-5-6-7-8-9-10-13-19-15(17)12-11-14(16)18-2/h11-12H,3-10,13H2,1-2H3. The topological polar surface area (TPSA) is 52.6 Å². The second kappa shape index (κ2) is 13.1. The van der Waals surface area contributed by atoms with Gasteiger partial charge in [0.25, 0.3) is 0 Å². The summed E-state index contributed by atoms with van der Waals surface area (Å²) in [6, 6.07) is 0. The molecule has 0 aromatic carbocycles. The zero-order chi connectivity index (χ0) is 14.3. The molecule has 0 aliphatic heterocycles. The molecule has 0 unspecified atom stereocenters. The van der Waals surface area contributed by atoms with Crippen LogP contribution in [0.4, 0.5) is 0 Å². The molecule has 0 heterocycles. The van der Waals surface area contributed by atoms with Gasteiger partial charge in [0.15, 0.2) is 0 Å². The van der Waals surface area contributed by atoms with E-state index in [1.165, 1.54) is 45.6 Å². The molecule has 0 saturated heterocycles. The van der Waals surface area contributed by atoms with Crippen molar-refractivity contribution in [2.45, 2.75) is 58.3 Å². The number of hydrogen-bond donors (Lipinski definition) is 0. The van der Waals surface area contributed by atoms with Crippen LogP contribution in [0.3, 0.4) is 0 Å². The van der Waals surface area contributed by atoms with Crippen molar-refractivity contribution >= 4 is 11.9 Å². The Bertz CT molecular complexity index is 271. The molecule has 0 fully saturated rings. The normalized spacial score (nSPS) is 10.6. The Morgan fingerprint density at radius 3 is 1.95 bits per heavy atom. The van der Waals surface area contributed by atoms with Crippen LogP contribution in [0.5, 0.6) is 0 Å². The summed E-state index contributed by atoms with van der Waals surface area (Å²) in [5.41, 5.74) is 0. The van der Waals surface area contributed by atoms with Gasteiger partial charge in [-0.05, 0) is 6.42 Å². The fraction of sp³-hybridized carbons (Fsp3) is 0.733. The van der Waals surface area contributed by atoms with E-state index in [9.17, 15) is 9.59 Å². The number of ether oxygens (including phenoxy) is 2. The lowest BCUT2D eigenvalue weighted by Gasteiger charge is -2.02. The summed E-state index contributed by atoms with van der Waals surface area (Å²) in [4.78, 5) is 21.9. The van der Waals surface area contributed by atoms with Crippen LogP contribution >= 0.6 is 0 Å². The van der Waals surface area contributed by atoms with Gasteiger partial charge in [-0.1, -0.05) is 51.9 Å². The van der Waals surface area contributed by atoms with Crippen molar-refractivity contribution in [3.63, 3.8) is 0 Å². The molecular formula is C15H26O4. The van der Waals surface area contributed by atoms with Crippen LogP contribution < -0.4 is 0 Å². The fourth-order valence-electron chi connectivity index (χ4n) is 1.66. The molecule has 0 saturated carbocycles. The number of carbonyl (C=O) groups excluding carboxylic acids is 2. The Labute approximate surface area is 116 Å². The molecule has 0 radical (unpaired) electrons. The molecule has 0 bridgehead atoms. The highest BCUT2D eigenvalue weighted by Gasteiger charge is 1.99. The molecule has 0 aliphatic rings. The molecule has 0 N–H and O–H groups in total. The molecule has 0 aromatic rings. The Morgan fingerprint density at radius 1 is 0.842 bits per heavy atom. The van der Waals surface area contributed by atoms with Gasteiger partial charge in [-0.2, -0.15) is 0 Å². The lowest BCUT2D eigenvalue weighted by molar-refractivity contribution is -0.139. The maximum atomic E-state index is 11.2. The quantitative estimate of drug-likeness (QED) is 0.328. The smallest absolute Gasteiger partial charge is 0.331 e. The van der Waals surface area contributed by atoms with Crippen molar-refractivity contribution in [2.24, 2.45) is 0 Å². The summed E-state index contributed by atoms with van der Waals surface area (Å²) in [5.74, 6) is -1.04. The van der Waals surface area contributed by atoms with Gasteiger partial charge in [0.1, 0.15) is 0 Å². The molecule has 0 amide bonds. The van der Waals surface area contributed by atoms with Crippen molar-refractivity contribution in [1.29, 1.82) is 0 Å². The third-order valence-electron chi connectivity index (χ3n) is 2.80. The van der Waals surface area contributed by atoms with Gasteiger partial charge >= 0.3 is 11.9 Å². The van der Waals surface area contributed by atoms with E-state index in [0.717, 1.165) is 25.0 Å². The van der Waals surface area contributed by atoms with Gasteiger partial charge in [-0.25, -0.2) is 9.59 Å². The van der Waals surface area contributed by atoms with Gasteiger partial charge < -0.3 is 9.47 Å². The number of esters is 2. The minimum absolute atomic E-state index is 0.416. The molecule has 0 spiro atoms. The van der Waals surface area contributed by atoms with E-state index in [1.807, 2.05) is 0 Å². The molecule has 19 heavy (non-hydrogen) atoms. The van der Waals surface area contributed by atoms with Gasteiger partial charge in [0.05, 0.1) is 13.7 Å². The molecule has 0 aromatic heterocycles. The highest BCUT2D eigenvalue weighted by atomic mass is 16.5. The fourth-order valence-corrected chi connectivity index (χ4v) is 1.66. The van der Waals surface area contributed by atoms with E-state index < -0.39 is 11.9 Å². The van der Waals surface area contributed by atoms with Crippen molar-refractivity contribution < 1.29 is 19.1 Å². The number of unbranched alkanes of at least 4 members (excludes halogenated alkanes) is 7. The summed E-state index contributed by atoms with van der Waals surface area (Å²) in [6.45, 7) is 2.63. The number of rotatable bonds is 11. The summed E-state index contributed by atoms with van der Waals surface area (Å²) in [6.07, 6.45) is 11.8. The molecule has 4 heteroatoms. The second-order valence-corrected chi connectivity index (χ2v) is 4.50. The van der Waals surface area contributed by atoms with Crippen LogP contribution in [0.15, 0.2) is 12.2 Å². The first kappa shape index (κ1) is 17.7. The zero-order valence-corrected chi connectivity index (χ0v) is 12.2. The number of carbonyl (C=O) groups is 2. The van der Waals surface area contributed by atoms with E-state index in [4.69, 9.17) is 4.74 Å². The van der Waals surface area contributed by atoms with Gasteiger partial charge in [0.2, 0.25) is 0 Å².